The highest BCUT2D eigenvalue weighted by Crippen LogP contribution is 2.33. The second kappa shape index (κ2) is 11.9. The first kappa shape index (κ1) is 35.1. The third-order valence-corrected chi connectivity index (χ3v) is 7.77. The van der Waals surface area contributed by atoms with Crippen LogP contribution in [0.5, 0.6) is 0 Å². The molecule has 0 saturated heterocycles. The average Bonchev–Trinajstić information content (AvgIpc) is 3.45. The normalized spacial score (nSPS) is 13.4. The van der Waals surface area contributed by atoms with Gasteiger partial charge in [-0.2, -0.15) is 0 Å². The Labute approximate surface area is 243 Å². The van der Waals surface area contributed by atoms with Gasteiger partial charge in [0.05, 0.1) is 16.4 Å². The van der Waals surface area contributed by atoms with Crippen molar-refractivity contribution in [3.05, 3.63) is 51.1 Å². The molecule has 0 bridgehead atoms. The van der Waals surface area contributed by atoms with E-state index in [4.69, 9.17) is 9.05 Å². The number of nitrogens with zero attached hydrogens (tertiary/aromatic N) is 3. The molecule has 6 heteroatoms. The Hall–Kier alpha value is -1.95. The van der Waals surface area contributed by atoms with E-state index in [9.17, 15) is 0 Å². The summed E-state index contributed by atoms with van der Waals surface area (Å²) in [4.78, 5) is 5.85. The number of hydrogen-bond acceptors (Lipinski definition) is 6. The van der Waals surface area contributed by atoms with E-state index in [0.29, 0.717) is 0 Å². The first-order valence-corrected chi connectivity index (χ1v) is 14.9. The third-order valence-electron chi connectivity index (χ3n) is 5.92. The third kappa shape index (κ3) is 11.2. The second-order valence-electron chi connectivity index (χ2n) is 16.7. The first-order chi connectivity index (χ1) is 17.1. The highest BCUT2D eigenvalue weighted by atomic mass is 32.1. The summed E-state index contributed by atoms with van der Waals surface area (Å²) in [6, 6.07) is 4.11. The summed E-state index contributed by atoms with van der Waals surface area (Å²) in [5.74, 6) is 1.91. The molecule has 5 nitrogen and oxygen atoms in total. The van der Waals surface area contributed by atoms with Crippen LogP contribution in [0.4, 0.5) is 0 Å². The van der Waals surface area contributed by atoms with Crippen molar-refractivity contribution in [2.45, 2.75) is 157 Å². The largest absolute Gasteiger partial charge is 0.361 e. The van der Waals surface area contributed by atoms with Gasteiger partial charge in [0.15, 0.2) is 0 Å². The SMILES string of the molecule is CC(C)(C)c1cc(C(C)(C)C)on1.CC(C)(C)c1cc(C(C)(C)C)on1.CC(C)(C)c1cnc(C(C)(C)C)s1. The van der Waals surface area contributed by atoms with Crippen molar-refractivity contribution < 1.29 is 9.05 Å². The Balaban J connectivity index is 0.000000292. The van der Waals surface area contributed by atoms with Crippen LogP contribution in [0, 0.1) is 0 Å². The van der Waals surface area contributed by atoms with Crippen LogP contribution in [0.1, 0.15) is 157 Å². The Morgan fingerprint density at radius 1 is 0.487 bits per heavy atom. The molecule has 0 spiro atoms. The fourth-order valence-electron chi connectivity index (χ4n) is 2.93. The van der Waals surface area contributed by atoms with Crippen molar-refractivity contribution in [3.63, 3.8) is 0 Å². The quantitative estimate of drug-likeness (QED) is 0.274. The lowest BCUT2D eigenvalue weighted by atomic mass is 9.88. The molecule has 3 aromatic rings. The highest BCUT2D eigenvalue weighted by molar-refractivity contribution is 7.11. The van der Waals surface area contributed by atoms with Crippen LogP contribution in [-0.4, -0.2) is 15.3 Å². The summed E-state index contributed by atoms with van der Waals surface area (Å²) in [7, 11) is 0. The van der Waals surface area contributed by atoms with Gasteiger partial charge in [-0.05, 0) is 5.41 Å². The molecular formula is C33H57N3O2S. The fraction of sp³-hybridized carbons (Fsp3) is 0.727. The summed E-state index contributed by atoms with van der Waals surface area (Å²) < 4.78 is 10.6. The number of thiazole rings is 1. The van der Waals surface area contributed by atoms with Crippen molar-refractivity contribution >= 4 is 11.3 Å². The van der Waals surface area contributed by atoms with Crippen LogP contribution in [0.3, 0.4) is 0 Å². The zero-order chi connectivity index (χ0) is 30.8. The fourth-order valence-corrected chi connectivity index (χ4v) is 3.96. The minimum Gasteiger partial charge on any atom is -0.361 e. The molecule has 0 atom stereocenters. The van der Waals surface area contributed by atoms with Crippen LogP contribution < -0.4 is 0 Å². The Kier molecular flexibility index (Phi) is 10.7. The van der Waals surface area contributed by atoms with Crippen LogP contribution in [0.2, 0.25) is 0 Å². The molecule has 0 aliphatic carbocycles. The molecule has 0 aromatic carbocycles. The van der Waals surface area contributed by atoms with Crippen LogP contribution in [0.15, 0.2) is 27.4 Å². The van der Waals surface area contributed by atoms with Crippen molar-refractivity contribution in [1.82, 2.24) is 15.3 Å². The molecule has 222 valence electrons. The summed E-state index contributed by atoms with van der Waals surface area (Å²) in [6.45, 7) is 38.9. The maximum Gasteiger partial charge on any atom is 0.142 e. The molecule has 0 aliphatic rings. The molecule has 0 unspecified atom stereocenters. The molecule has 3 aromatic heterocycles. The lowest BCUT2D eigenvalue weighted by Crippen LogP contribution is -2.12. The lowest BCUT2D eigenvalue weighted by molar-refractivity contribution is 0.319. The van der Waals surface area contributed by atoms with Gasteiger partial charge >= 0.3 is 0 Å². The van der Waals surface area contributed by atoms with Gasteiger partial charge in [0, 0.05) is 50.3 Å². The van der Waals surface area contributed by atoms with Gasteiger partial charge in [0.1, 0.15) is 11.5 Å². The number of hydrogen-bond donors (Lipinski definition) is 0. The Morgan fingerprint density at radius 3 is 1.00 bits per heavy atom. The second-order valence-corrected chi connectivity index (χ2v) is 17.7. The van der Waals surface area contributed by atoms with Gasteiger partial charge in [-0.1, -0.05) is 135 Å². The van der Waals surface area contributed by atoms with Gasteiger partial charge in [0.25, 0.3) is 0 Å². The van der Waals surface area contributed by atoms with Gasteiger partial charge in [-0.15, -0.1) is 11.3 Å². The summed E-state index contributed by atoms with van der Waals surface area (Å²) in [5, 5.41) is 9.39. The predicted molar refractivity (Wildman–Crippen MR) is 167 cm³/mol. The molecule has 0 N–H and O–H groups in total. The average molecular weight is 560 g/mol. The van der Waals surface area contributed by atoms with Crippen molar-refractivity contribution in [1.29, 1.82) is 0 Å². The maximum absolute atomic E-state index is 5.31. The van der Waals surface area contributed by atoms with E-state index in [1.54, 1.807) is 0 Å². The van der Waals surface area contributed by atoms with Crippen molar-refractivity contribution in [2.24, 2.45) is 0 Å². The minimum atomic E-state index is 0.0521. The van der Waals surface area contributed by atoms with Crippen molar-refractivity contribution in [3.8, 4) is 0 Å². The molecule has 39 heavy (non-hydrogen) atoms. The zero-order valence-corrected chi connectivity index (χ0v) is 29.1. The molecule has 0 radical (unpaired) electrons. The lowest BCUT2D eigenvalue weighted by Gasteiger charge is -2.16. The summed E-state index contributed by atoms with van der Waals surface area (Å²) in [5.41, 5.74) is 2.73. The van der Waals surface area contributed by atoms with Gasteiger partial charge in [-0.25, -0.2) is 4.98 Å². The van der Waals surface area contributed by atoms with E-state index in [1.807, 2.05) is 17.5 Å². The molecule has 0 saturated carbocycles. The Bertz CT molecular complexity index is 923. The maximum atomic E-state index is 5.31. The molecule has 3 rings (SSSR count). The standard InChI is InChI=1S/2C11H19NO.C11H19NS/c2*1-10(2,3)8-7-9(13-12-8)11(4,5)6;1-10(2,3)8-7-12-9(13-8)11(4,5)6/h3*7H,1-6H3. The molecule has 3 heterocycles. The molecule has 0 amide bonds. The Morgan fingerprint density at radius 2 is 0.846 bits per heavy atom. The van der Waals surface area contributed by atoms with Crippen LogP contribution >= 0.6 is 11.3 Å². The topological polar surface area (TPSA) is 65.0 Å². The summed E-state index contributed by atoms with van der Waals surface area (Å²) in [6.07, 6.45) is 2.02. The first-order valence-electron chi connectivity index (χ1n) is 14.1. The van der Waals surface area contributed by atoms with Gasteiger partial charge in [0.2, 0.25) is 0 Å². The zero-order valence-electron chi connectivity index (χ0n) is 28.3. The van der Waals surface area contributed by atoms with Gasteiger partial charge < -0.3 is 9.05 Å². The predicted octanol–water partition coefficient (Wildman–Crippen LogP) is 10.3. The molecule has 0 fully saturated rings. The minimum absolute atomic E-state index is 0.0521. The highest BCUT2D eigenvalue weighted by Gasteiger charge is 2.26. The van der Waals surface area contributed by atoms with E-state index in [-0.39, 0.29) is 32.5 Å². The smallest absolute Gasteiger partial charge is 0.142 e. The monoisotopic (exact) mass is 559 g/mol. The van der Waals surface area contributed by atoms with E-state index < -0.39 is 0 Å². The summed E-state index contributed by atoms with van der Waals surface area (Å²) >= 11 is 1.84. The van der Waals surface area contributed by atoms with Crippen LogP contribution in [-0.2, 0) is 32.5 Å². The van der Waals surface area contributed by atoms with E-state index >= 15 is 0 Å². The van der Waals surface area contributed by atoms with E-state index in [1.165, 1.54) is 9.88 Å². The number of rotatable bonds is 0. The van der Waals surface area contributed by atoms with Crippen LogP contribution in [0.25, 0.3) is 0 Å². The van der Waals surface area contributed by atoms with E-state index in [0.717, 1.165) is 22.9 Å². The molecular weight excluding hydrogens is 502 g/mol. The van der Waals surface area contributed by atoms with Gasteiger partial charge in [-0.3, -0.25) is 0 Å². The number of aromatic nitrogens is 3. The molecule has 0 aliphatic heterocycles. The van der Waals surface area contributed by atoms with Crippen molar-refractivity contribution in [2.75, 3.05) is 0 Å². The van der Waals surface area contributed by atoms with E-state index in [2.05, 4.69) is 152 Å².